The third-order valence-corrected chi connectivity index (χ3v) is 1.63. The number of halogens is 1. The average Bonchev–Trinajstić information content (AvgIpc) is 2.20. The number of nitro groups is 1. The Kier molecular flexibility index (Phi) is 3.63. The molecule has 0 amide bonds. The molecule has 1 aromatic rings. The van der Waals surface area contributed by atoms with Crippen LogP contribution in [-0.4, -0.2) is 11.5 Å². The molecule has 0 N–H and O–H groups in total. The minimum absolute atomic E-state index is 0.134. The van der Waals surface area contributed by atoms with Crippen LogP contribution in [0, 0.1) is 28.3 Å². The standard InChI is InChI=1S/C10H8FNO3/c1-2-3-6-15-10-7-8(12(13)14)4-5-9(10)11/h1,4-5,7H,3,6H2. The molecule has 15 heavy (non-hydrogen) atoms. The van der Waals surface area contributed by atoms with Crippen molar-refractivity contribution in [1.29, 1.82) is 0 Å². The number of terminal acetylenes is 1. The Labute approximate surface area is 85.8 Å². The maximum absolute atomic E-state index is 13.1. The largest absolute Gasteiger partial charge is 0.489 e. The molecule has 0 bridgehead atoms. The molecule has 0 radical (unpaired) electrons. The van der Waals surface area contributed by atoms with Gasteiger partial charge in [0.05, 0.1) is 17.6 Å². The molecule has 0 saturated heterocycles. The van der Waals surface area contributed by atoms with Gasteiger partial charge in [0.2, 0.25) is 0 Å². The number of nitro benzene ring substituents is 1. The van der Waals surface area contributed by atoms with E-state index in [0.29, 0.717) is 6.42 Å². The quantitative estimate of drug-likeness (QED) is 0.330. The Bertz CT molecular complexity index is 412. The third-order valence-electron chi connectivity index (χ3n) is 1.63. The summed E-state index contributed by atoms with van der Waals surface area (Å²) in [5.41, 5.74) is -0.216. The van der Waals surface area contributed by atoms with Crippen LogP contribution < -0.4 is 4.74 Å². The molecule has 0 atom stereocenters. The van der Waals surface area contributed by atoms with Crippen LogP contribution in [0.3, 0.4) is 0 Å². The molecule has 0 aliphatic rings. The van der Waals surface area contributed by atoms with Gasteiger partial charge in [-0.1, -0.05) is 0 Å². The molecule has 0 unspecified atom stereocenters. The molecular weight excluding hydrogens is 201 g/mol. The molecule has 1 aromatic carbocycles. The Balaban J connectivity index is 2.82. The summed E-state index contributed by atoms with van der Waals surface area (Å²) in [5, 5.41) is 10.4. The predicted molar refractivity (Wildman–Crippen MR) is 52.0 cm³/mol. The van der Waals surface area contributed by atoms with Crippen LogP contribution in [-0.2, 0) is 0 Å². The summed E-state index contributed by atoms with van der Waals surface area (Å²) in [7, 11) is 0. The van der Waals surface area contributed by atoms with Gasteiger partial charge in [0.1, 0.15) is 0 Å². The molecule has 5 heteroatoms. The Hall–Kier alpha value is -2.09. The van der Waals surface area contributed by atoms with Gasteiger partial charge < -0.3 is 4.74 Å². The second-order valence-electron chi connectivity index (χ2n) is 2.67. The van der Waals surface area contributed by atoms with Gasteiger partial charge in [0, 0.05) is 12.5 Å². The summed E-state index contributed by atoms with van der Waals surface area (Å²) in [6.07, 6.45) is 5.30. The van der Waals surface area contributed by atoms with E-state index < -0.39 is 10.7 Å². The molecule has 0 spiro atoms. The van der Waals surface area contributed by atoms with Crippen molar-refractivity contribution in [3.05, 3.63) is 34.1 Å². The molecule has 78 valence electrons. The first kappa shape index (κ1) is 11.0. The molecule has 0 heterocycles. The molecule has 0 aliphatic carbocycles. The first-order chi connectivity index (χ1) is 7.15. The highest BCUT2D eigenvalue weighted by atomic mass is 19.1. The molecule has 0 saturated carbocycles. The summed E-state index contributed by atoms with van der Waals surface area (Å²) < 4.78 is 18.0. The maximum atomic E-state index is 13.1. The van der Waals surface area contributed by atoms with Gasteiger partial charge in [-0.2, -0.15) is 0 Å². The van der Waals surface area contributed by atoms with Crippen molar-refractivity contribution in [3.8, 4) is 18.1 Å². The zero-order valence-electron chi connectivity index (χ0n) is 7.77. The highest BCUT2D eigenvalue weighted by molar-refractivity contribution is 5.39. The lowest BCUT2D eigenvalue weighted by Gasteiger charge is -2.04. The van der Waals surface area contributed by atoms with Gasteiger partial charge in [-0.15, -0.1) is 12.3 Å². The van der Waals surface area contributed by atoms with E-state index in [1.54, 1.807) is 0 Å². The monoisotopic (exact) mass is 209 g/mol. The summed E-state index contributed by atoms with van der Waals surface area (Å²) in [6.45, 7) is 0.134. The van der Waals surface area contributed by atoms with Crippen LogP contribution >= 0.6 is 0 Å². The predicted octanol–water partition coefficient (Wildman–Crippen LogP) is 2.14. The Morgan fingerprint density at radius 2 is 2.33 bits per heavy atom. The first-order valence-corrected chi connectivity index (χ1v) is 4.15. The summed E-state index contributed by atoms with van der Waals surface area (Å²) in [6, 6.07) is 3.10. The van der Waals surface area contributed by atoms with E-state index in [1.165, 1.54) is 0 Å². The number of nitrogens with zero attached hydrogens (tertiary/aromatic N) is 1. The Morgan fingerprint density at radius 3 is 2.93 bits per heavy atom. The number of rotatable bonds is 4. The van der Waals surface area contributed by atoms with Crippen molar-refractivity contribution in [2.24, 2.45) is 0 Å². The fourth-order valence-electron chi connectivity index (χ4n) is 0.936. The van der Waals surface area contributed by atoms with Crippen LogP contribution in [0.1, 0.15) is 6.42 Å². The van der Waals surface area contributed by atoms with Crippen LogP contribution in [0.5, 0.6) is 5.75 Å². The zero-order valence-corrected chi connectivity index (χ0v) is 7.77. The van der Waals surface area contributed by atoms with Gasteiger partial charge in [0.25, 0.3) is 5.69 Å². The van der Waals surface area contributed by atoms with Crippen LogP contribution in [0.25, 0.3) is 0 Å². The lowest BCUT2D eigenvalue weighted by Crippen LogP contribution is -1.99. The fourth-order valence-corrected chi connectivity index (χ4v) is 0.936. The van der Waals surface area contributed by atoms with E-state index in [1.807, 2.05) is 0 Å². The van der Waals surface area contributed by atoms with E-state index in [-0.39, 0.29) is 18.0 Å². The molecule has 0 fully saturated rings. The van der Waals surface area contributed by atoms with E-state index in [0.717, 1.165) is 18.2 Å². The summed E-state index contributed by atoms with van der Waals surface area (Å²) in [5.74, 6) is 1.52. The smallest absolute Gasteiger partial charge is 0.273 e. The average molecular weight is 209 g/mol. The van der Waals surface area contributed by atoms with Crippen LogP contribution in [0.2, 0.25) is 0 Å². The summed E-state index contributed by atoms with van der Waals surface area (Å²) in [4.78, 5) is 9.77. The molecule has 4 nitrogen and oxygen atoms in total. The lowest BCUT2D eigenvalue weighted by molar-refractivity contribution is -0.385. The van der Waals surface area contributed by atoms with Crippen molar-refractivity contribution in [2.75, 3.05) is 6.61 Å². The van der Waals surface area contributed by atoms with Crippen molar-refractivity contribution in [1.82, 2.24) is 0 Å². The second kappa shape index (κ2) is 4.96. The van der Waals surface area contributed by atoms with E-state index in [2.05, 4.69) is 5.92 Å². The summed E-state index contributed by atoms with van der Waals surface area (Å²) >= 11 is 0. The number of non-ortho nitro benzene ring substituents is 1. The van der Waals surface area contributed by atoms with Crippen LogP contribution in [0.15, 0.2) is 18.2 Å². The van der Waals surface area contributed by atoms with Crippen molar-refractivity contribution >= 4 is 5.69 Å². The van der Waals surface area contributed by atoms with E-state index in [9.17, 15) is 14.5 Å². The highest BCUT2D eigenvalue weighted by Gasteiger charge is 2.11. The van der Waals surface area contributed by atoms with Gasteiger partial charge in [-0.05, 0) is 6.07 Å². The van der Waals surface area contributed by atoms with Gasteiger partial charge in [-0.25, -0.2) is 4.39 Å². The minimum atomic E-state index is -0.641. The topological polar surface area (TPSA) is 52.4 Å². The SMILES string of the molecule is C#CCCOc1cc([N+](=O)[O-])ccc1F. The number of hydrogen-bond acceptors (Lipinski definition) is 3. The lowest BCUT2D eigenvalue weighted by atomic mass is 10.3. The number of ether oxygens (including phenoxy) is 1. The van der Waals surface area contributed by atoms with Gasteiger partial charge in [-0.3, -0.25) is 10.1 Å². The Morgan fingerprint density at radius 1 is 1.60 bits per heavy atom. The second-order valence-corrected chi connectivity index (χ2v) is 2.67. The van der Waals surface area contributed by atoms with Crippen molar-refractivity contribution in [2.45, 2.75) is 6.42 Å². The minimum Gasteiger partial charge on any atom is -0.489 e. The third kappa shape index (κ3) is 2.95. The number of hydrogen-bond donors (Lipinski definition) is 0. The number of benzene rings is 1. The normalized spacial score (nSPS) is 9.33. The zero-order chi connectivity index (χ0) is 11.3. The van der Waals surface area contributed by atoms with Gasteiger partial charge >= 0.3 is 0 Å². The van der Waals surface area contributed by atoms with Crippen LogP contribution in [0.4, 0.5) is 10.1 Å². The maximum Gasteiger partial charge on any atom is 0.273 e. The molecule has 0 aromatic heterocycles. The van der Waals surface area contributed by atoms with Gasteiger partial charge in [0.15, 0.2) is 11.6 Å². The van der Waals surface area contributed by atoms with Crippen molar-refractivity contribution in [3.63, 3.8) is 0 Å². The molecule has 1 rings (SSSR count). The van der Waals surface area contributed by atoms with E-state index in [4.69, 9.17) is 11.2 Å². The molecular formula is C10H8FNO3. The van der Waals surface area contributed by atoms with Crippen molar-refractivity contribution < 1.29 is 14.1 Å². The first-order valence-electron chi connectivity index (χ1n) is 4.15. The van der Waals surface area contributed by atoms with E-state index >= 15 is 0 Å². The highest BCUT2D eigenvalue weighted by Crippen LogP contribution is 2.23. The fraction of sp³-hybridized carbons (Fsp3) is 0.200. The molecule has 0 aliphatic heterocycles.